The third-order valence-corrected chi connectivity index (χ3v) is 6.31. The quantitative estimate of drug-likeness (QED) is 0.732. The van der Waals surface area contributed by atoms with Gasteiger partial charge in [0.1, 0.15) is 6.04 Å². The molecule has 0 aliphatic carbocycles. The third-order valence-electron chi connectivity index (χ3n) is 6.31. The maximum absolute atomic E-state index is 13.1. The Balaban J connectivity index is 1.32. The van der Waals surface area contributed by atoms with Crippen LogP contribution in [-0.2, 0) is 16.1 Å². The average molecular weight is 426 g/mol. The van der Waals surface area contributed by atoms with E-state index < -0.39 is 0 Å². The van der Waals surface area contributed by atoms with E-state index in [2.05, 4.69) is 15.0 Å². The maximum Gasteiger partial charge on any atom is 0.245 e. The molecule has 2 saturated heterocycles. The maximum atomic E-state index is 13.1. The highest BCUT2D eigenvalue weighted by Gasteiger charge is 2.35. The summed E-state index contributed by atoms with van der Waals surface area (Å²) in [6, 6.07) is 7.69. The predicted octanol–water partition coefficient (Wildman–Crippen LogP) is 2.48. The summed E-state index contributed by atoms with van der Waals surface area (Å²) in [6.07, 6.45) is 3.21. The summed E-state index contributed by atoms with van der Waals surface area (Å²) >= 11 is 0. The lowest BCUT2D eigenvalue weighted by Gasteiger charge is -2.40. The Morgan fingerprint density at radius 3 is 2.61 bits per heavy atom. The van der Waals surface area contributed by atoms with Gasteiger partial charge in [-0.2, -0.15) is 4.98 Å². The highest BCUT2D eigenvalue weighted by Crippen LogP contribution is 2.22. The number of aromatic nitrogens is 2. The first-order valence-corrected chi connectivity index (χ1v) is 11.3. The Kier molecular flexibility index (Phi) is 6.65. The van der Waals surface area contributed by atoms with Crippen LogP contribution < -0.4 is 0 Å². The van der Waals surface area contributed by atoms with Gasteiger partial charge in [-0.3, -0.25) is 14.5 Å². The fraction of sp³-hybridized carbons (Fsp3) is 0.565. The number of nitrogens with zero attached hydrogens (tertiary/aromatic N) is 5. The highest BCUT2D eigenvalue weighted by atomic mass is 16.5. The predicted molar refractivity (Wildman–Crippen MR) is 116 cm³/mol. The zero-order valence-corrected chi connectivity index (χ0v) is 18.4. The Bertz CT molecular complexity index is 919. The number of aryl methyl sites for hydroxylation is 1. The van der Waals surface area contributed by atoms with Gasteiger partial charge in [0.2, 0.25) is 23.5 Å². The number of hydrogen-bond donors (Lipinski definition) is 0. The molecule has 2 aliphatic rings. The van der Waals surface area contributed by atoms with E-state index in [4.69, 9.17) is 4.52 Å². The summed E-state index contributed by atoms with van der Waals surface area (Å²) in [5, 5.41) is 4.14. The molecule has 0 spiro atoms. The van der Waals surface area contributed by atoms with Gasteiger partial charge in [0.15, 0.2) is 0 Å². The molecular weight excluding hydrogens is 394 g/mol. The Morgan fingerprint density at radius 1 is 1.10 bits per heavy atom. The van der Waals surface area contributed by atoms with E-state index in [-0.39, 0.29) is 17.9 Å². The van der Waals surface area contributed by atoms with Crippen molar-refractivity contribution in [3.05, 3.63) is 35.7 Å². The van der Waals surface area contributed by atoms with Crippen molar-refractivity contribution < 1.29 is 14.1 Å². The van der Waals surface area contributed by atoms with Gasteiger partial charge in [0, 0.05) is 44.7 Å². The minimum absolute atomic E-state index is 0.0811. The van der Waals surface area contributed by atoms with Crippen molar-refractivity contribution in [3.63, 3.8) is 0 Å². The molecule has 0 saturated carbocycles. The van der Waals surface area contributed by atoms with Crippen LogP contribution in [0.15, 0.2) is 28.8 Å². The molecule has 4 rings (SSSR count). The zero-order chi connectivity index (χ0) is 21.8. The summed E-state index contributed by atoms with van der Waals surface area (Å²) in [5.41, 5.74) is 2.09. The second-order valence-electron chi connectivity index (χ2n) is 8.38. The molecule has 8 heteroatoms. The lowest BCUT2D eigenvalue weighted by molar-refractivity contribution is -0.148. The number of likely N-dealkylation sites (tertiary alicyclic amines) is 1. The summed E-state index contributed by atoms with van der Waals surface area (Å²) in [6.45, 7) is 7.98. The highest BCUT2D eigenvalue weighted by molar-refractivity contribution is 5.88. The summed E-state index contributed by atoms with van der Waals surface area (Å²) in [5.74, 6) is 1.38. The van der Waals surface area contributed by atoms with E-state index in [1.54, 1.807) is 4.90 Å². The standard InChI is InChI=1S/C23H31N5O3/c1-3-21(29)28-11-7-6-10-19(28)23(30)27-14-12-26(13-15-27)16-20-24-22(25-31-20)18-9-5-4-8-17(18)2/h4-5,8-9,19H,3,6-7,10-16H2,1-2H3. The second kappa shape index (κ2) is 9.60. The summed E-state index contributed by atoms with van der Waals surface area (Å²) in [4.78, 5) is 35.9. The van der Waals surface area contributed by atoms with Crippen LogP contribution in [0.5, 0.6) is 0 Å². The van der Waals surface area contributed by atoms with E-state index in [9.17, 15) is 9.59 Å². The molecule has 166 valence electrons. The smallest absolute Gasteiger partial charge is 0.245 e. The van der Waals surface area contributed by atoms with E-state index in [1.165, 1.54) is 0 Å². The van der Waals surface area contributed by atoms with Crippen LogP contribution in [0, 0.1) is 6.92 Å². The van der Waals surface area contributed by atoms with E-state index >= 15 is 0 Å². The van der Waals surface area contributed by atoms with Crippen molar-refractivity contribution >= 4 is 11.8 Å². The molecule has 2 fully saturated rings. The number of piperidine rings is 1. The number of piperazine rings is 1. The van der Waals surface area contributed by atoms with Crippen LogP contribution >= 0.6 is 0 Å². The van der Waals surface area contributed by atoms with Crippen molar-refractivity contribution in [1.82, 2.24) is 24.8 Å². The van der Waals surface area contributed by atoms with E-state index in [0.29, 0.717) is 44.3 Å². The largest absolute Gasteiger partial charge is 0.338 e. The SMILES string of the molecule is CCC(=O)N1CCCCC1C(=O)N1CCN(Cc2nc(-c3ccccc3C)no2)CC1. The Morgan fingerprint density at radius 2 is 1.87 bits per heavy atom. The van der Waals surface area contributed by atoms with Gasteiger partial charge in [0.05, 0.1) is 6.54 Å². The van der Waals surface area contributed by atoms with Crippen molar-refractivity contribution in [2.45, 2.75) is 52.1 Å². The normalized spacial score (nSPS) is 20.1. The number of amides is 2. The molecule has 1 aromatic heterocycles. The zero-order valence-electron chi connectivity index (χ0n) is 18.4. The first kappa shape index (κ1) is 21.5. The molecule has 1 unspecified atom stereocenters. The molecule has 2 aromatic rings. The first-order chi connectivity index (χ1) is 15.1. The minimum Gasteiger partial charge on any atom is -0.338 e. The molecule has 3 heterocycles. The summed E-state index contributed by atoms with van der Waals surface area (Å²) < 4.78 is 5.47. The third kappa shape index (κ3) is 4.79. The molecule has 0 bridgehead atoms. The van der Waals surface area contributed by atoms with Crippen molar-refractivity contribution in [2.24, 2.45) is 0 Å². The molecule has 2 aliphatic heterocycles. The van der Waals surface area contributed by atoms with Crippen LogP contribution in [-0.4, -0.2) is 75.4 Å². The minimum atomic E-state index is -0.291. The van der Waals surface area contributed by atoms with Gasteiger partial charge in [-0.25, -0.2) is 0 Å². The van der Waals surface area contributed by atoms with Gasteiger partial charge in [0.25, 0.3) is 0 Å². The van der Waals surface area contributed by atoms with Gasteiger partial charge in [-0.05, 0) is 31.7 Å². The van der Waals surface area contributed by atoms with Crippen LogP contribution in [0.25, 0.3) is 11.4 Å². The fourth-order valence-corrected chi connectivity index (χ4v) is 4.47. The number of benzene rings is 1. The van der Waals surface area contributed by atoms with Gasteiger partial charge < -0.3 is 14.3 Å². The van der Waals surface area contributed by atoms with Crippen LogP contribution in [0.3, 0.4) is 0 Å². The first-order valence-electron chi connectivity index (χ1n) is 11.3. The van der Waals surface area contributed by atoms with E-state index in [0.717, 1.165) is 43.5 Å². The number of rotatable bonds is 5. The number of carbonyl (C=O) groups excluding carboxylic acids is 2. The molecule has 1 atom stereocenters. The van der Waals surface area contributed by atoms with Gasteiger partial charge in [-0.15, -0.1) is 0 Å². The van der Waals surface area contributed by atoms with Gasteiger partial charge >= 0.3 is 0 Å². The molecular formula is C23H31N5O3. The van der Waals surface area contributed by atoms with Crippen molar-refractivity contribution in [3.8, 4) is 11.4 Å². The fourth-order valence-electron chi connectivity index (χ4n) is 4.47. The number of hydrogen-bond acceptors (Lipinski definition) is 6. The number of carbonyl (C=O) groups is 2. The molecule has 0 N–H and O–H groups in total. The molecule has 31 heavy (non-hydrogen) atoms. The molecule has 8 nitrogen and oxygen atoms in total. The van der Waals surface area contributed by atoms with Crippen LogP contribution in [0.2, 0.25) is 0 Å². The second-order valence-corrected chi connectivity index (χ2v) is 8.38. The van der Waals surface area contributed by atoms with Crippen LogP contribution in [0.4, 0.5) is 0 Å². The van der Waals surface area contributed by atoms with Gasteiger partial charge in [-0.1, -0.05) is 36.3 Å². The topological polar surface area (TPSA) is 82.8 Å². The molecule has 1 aromatic carbocycles. The van der Waals surface area contributed by atoms with Crippen LogP contribution in [0.1, 0.15) is 44.1 Å². The lowest BCUT2D eigenvalue weighted by Crippen LogP contribution is -2.57. The molecule has 2 amide bonds. The van der Waals surface area contributed by atoms with Crippen molar-refractivity contribution in [1.29, 1.82) is 0 Å². The summed E-state index contributed by atoms with van der Waals surface area (Å²) in [7, 11) is 0. The average Bonchev–Trinajstić information content (AvgIpc) is 3.27. The molecule has 0 radical (unpaired) electrons. The lowest BCUT2D eigenvalue weighted by atomic mass is 10.00. The van der Waals surface area contributed by atoms with E-state index in [1.807, 2.05) is 43.0 Å². The Labute approximate surface area is 183 Å². The Hall–Kier alpha value is -2.74. The monoisotopic (exact) mass is 425 g/mol. The van der Waals surface area contributed by atoms with Crippen molar-refractivity contribution in [2.75, 3.05) is 32.7 Å².